The molecule has 0 bridgehead atoms. The average Bonchev–Trinajstić information content (AvgIpc) is 2.70. The van der Waals surface area contributed by atoms with Gasteiger partial charge in [-0.3, -0.25) is 4.68 Å². The third-order valence-electron chi connectivity index (χ3n) is 1.75. The summed E-state index contributed by atoms with van der Waals surface area (Å²) in [4.78, 5) is 0. The van der Waals surface area contributed by atoms with Gasteiger partial charge in [-0.15, -0.1) is 0 Å². The average molecular weight is 138 g/mol. The largest absolute Gasteiger partial charge is 0.390 e. The first-order valence-corrected chi connectivity index (χ1v) is 3.55. The number of aliphatic hydroxyl groups excluding tert-OH is 1. The summed E-state index contributed by atoms with van der Waals surface area (Å²) in [5.74, 6) is 0. The van der Waals surface area contributed by atoms with Crippen molar-refractivity contribution in [2.75, 3.05) is 0 Å². The van der Waals surface area contributed by atoms with E-state index in [2.05, 4.69) is 5.10 Å². The highest BCUT2D eigenvalue weighted by molar-refractivity contribution is 4.99. The fraction of sp³-hybridized carbons (Fsp3) is 0.571. The van der Waals surface area contributed by atoms with Gasteiger partial charge in [0.25, 0.3) is 0 Å². The molecule has 3 nitrogen and oxygen atoms in total. The molecule has 1 aromatic heterocycles. The van der Waals surface area contributed by atoms with E-state index >= 15 is 0 Å². The molecular weight excluding hydrogens is 128 g/mol. The van der Waals surface area contributed by atoms with Gasteiger partial charge in [0, 0.05) is 6.20 Å². The van der Waals surface area contributed by atoms with Gasteiger partial charge >= 0.3 is 0 Å². The summed E-state index contributed by atoms with van der Waals surface area (Å²) in [6.45, 7) is 0.0553. The monoisotopic (exact) mass is 138 g/mol. The lowest BCUT2D eigenvalue weighted by atomic mass is 10.5. The highest BCUT2D eigenvalue weighted by Gasteiger charge is 2.23. The maximum atomic E-state index is 8.68. The molecule has 1 heterocycles. The second-order valence-corrected chi connectivity index (χ2v) is 2.68. The highest BCUT2D eigenvalue weighted by atomic mass is 16.3. The zero-order chi connectivity index (χ0) is 6.97. The molecule has 2 rings (SSSR count). The van der Waals surface area contributed by atoms with E-state index < -0.39 is 0 Å². The van der Waals surface area contributed by atoms with E-state index in [1.807, 2.05) is 16.9 Å². The van der Waals surface area contributed by atoms with Crippen molar-refractivity contribution in [3.63, 3.8) is 0 Å². The quantitative estimate of drug-likeness (QED) is 0.653. The van der Waals surface area contributed by atoms with E-state index in [4.69, 9.17) is 5.11 Å². The Balaban J connectivity index is 2.19. The number of hydrogen-bond donors (Lipinski definition) is 1. The molecule has 0 atom stereocenters. The van der Waals surface area contributed by atoms with Crippen LogP contribution in [-0.4, -0.2) is 14.9 Å². The number of aromatic nitrogens is 2. The van der Waals surface area contributed by atoms with Gasteiger partial charge in [0.05, 0.1) is 18.3 Å². The fourth-order valence-corrected chi connectivity index (χ4v) is 1.00. The van der Waals surface area contributed by atoms with Crippen LogP contribution < -0.4 is 0 Å². The zero-order valence-electron chi connectivity index (χ0n) is 5.70. The first kappa shape index (κ1) is 5.92. The lowest BCUT2D eigenvalue weighted by Crippen LogP contribution is -1.95. The molecule has 0 aliphatic heterocycles. The topological polar surface area (TPSA) is 38.0 Å². The molecular formula is C7H10N2O. The first-order chi connectivity index (χ1) is 4.90. The molecule has 1 aliphatic carbocycles. The van der Waals surface area contributed by atoms with Crippen molar-refractivity contribution in [3.05, 3.63) is 18.0 Å². The summed E-state index contributed by atoms with van der Waals surface area (Å²) < 4.78 is 1.94. The number of aliphatic hydroxyl groups is 1. The normalized spacial score (nSPS) is 17.7. The van der Waals surface area contributed by atoms with Gasteiger partial charge in [-0.2, -0.15) is 5.10 Å². The molecule has 3 heteroatoms. The fourth-order valence-electron chi connectivity index (χ4n) is 1.00. The van der Waals surface area contributed by atoms with Crippen LogP contribution in [0.5, 0.6) is 0 Å². The molecule has 1 N–H and O–H groups in total. The summed E-state index contributed by atoms with van der Waals surface area (Å²) in [6.07, 6.45) is 4.42. The molecule has 0 amide bonds. The Morgan fingerprint density at radius 3 is 3.00 bits per heavy atom. The van der Waals surface area contributed by atoms with Crippen molar-refractivity contribution in [1.82, 2.24) is 9.78 Å². The van der Waals surface area contributed by atoms with E-state index in [1.54, 1.807) is 0 Å². The minimum Gasteiger partial charge on any atom is -0.390 e. The molecule has 1 aromatic rings. The predicted octanol–water partition coefficient (Wildman–Crippen LogP) is 0.710. The summed E-state index contributed by atoms with van der Waals surface area (Å²) in [5.41, 5.74) is 0.770. The molecule has 0 unspecified atom stereocenters. The van der Waals surface area contributed by atoms with Crippen LogP contribution in [-0.2, 0) is 6.61 Å². The second-order valence-electron chi connectivity index (χ2n) is 2.68. The Morgan fingerprint density at radius 1 is 1.70 bits per heavy atom. The van der Waals surface area contributed by atoms with E-state index in [9.17, 15) is 0 Å². The van der Waals surface area contributed by atoms with Crippen molar-refractivity contribution < 1.29 is 5.11 Å². The lowest BCUT2D eigenvalue weighted by molar-refractivity contribution is 0.275. The zero-order valence-corrected chi connectivity index (χ0v) is 5.70. The summed E-state index contributed by atoms with van der Waals surface area (Å²) in [7, 11) is 0. The van der Waals surface area contributed by atoms with Crippen molar-refractivity contribution >= 4 is 0 Å². The van der Waals surface area contributed by atoms with Gasteiger partial charge in [0.2, 0.25) is 0 Å². The molecule has 0 radical (unpaired) electrons. The summed E-state index contributed by atoms with van der Waals surface area (Å²) in [5, 5.41) is 12.8. The van der Waals surface area contributed by atoms with Crippen LogP contribution in [0.3, 0.4) is 0 Å². The summed E-state index contributed by atoms with van der Waals surface area (Å²) in [6, 6.07) is 2.48. The molecule has 0 saturated heterocycles. The van der Waals surface area contributed by atoms with Gasteiger partial charge in [-0.1, -0.05) is 0 Å². The SMILES string of the molecule is OCc1ccn(C2CC2)n1. The molecule has 1 aliphatic rings. The van der Waals surface area contributed by atoms with Crippen molar-refractivity contribution in [3.8, 4) is 0 Å². The van der Waals surface area contributed by atoms with Crippen LogP contribution in [0.2, 0.25) is 0 Å². The van der Waals surface area contributed by atoms with Crippen molar-refractivity contribution in [2.45, 2.75) is 25.5 Å². The van der Waals surface area contributed by atoms with Crippen molar-refractivity contribution in [1.29, 1.82) is 0 Å². The van der Waals surface area contributed by atoms with Crippen molar-refractivity contribution in [2.24, 2.45) is 0 Å². The standard InChI is InChI=1S/C7H10N2O/c10-5-6-3-4-9(8-6)7-1-2-7/h3-4,7,10H,1-2,5H2. The van der Waals surface area contributed by atoms with Crippen LogP contribution >= 0.6 is 0 Å². The maximum absolute atomic E-state index is 8.68. The molecule has 54 valence electrons. The van der Waals surface area contributed by atoms with Gasteiger partial charge in [0.1, 0.15) is 0 Å². The Labute approximate surface area is 59.3 Å². The van der Waals surface area contributed by atoms with Crippen LogP contribution in [0.1, 0.15) is 24.6 Å². The Kier molecular flexibility index (Phi) is 1.24. The number of nitrogens with zero attached hydrogens (tertiary/aromatic N) is 2. The molecule has 1 fully saturated rings. The van der Waals surface area contributed by atoms with Crippen LogP contribution in [0.4, 0.5) is 0 Å². The van der Waals surface area contributed by atoms with Crippen LogP contribution in [0.15, 0.2) is 12.3 Å². The molecule has 10 heavy (non-hydrogen) atoms. The summed E-state index contributed by atoms with van der Waals surface area (Å²) >= 11 is 0. The van der Waals surface area contributed by atoms with E-state index in [0.29, 0.717) is 6.04 Å². The number of rotatable bonds is 2. The van der Waals surface area contributed by atoms with Crippen LogP contribution in [0.25, 0.3) is 0 Å². The third-order valence-corrected chi connectivity index (χ3v) is 1.75. The van der Waals surface area contributed by atoms with Gasteiger partial charge in [-0.25, -0.2) is 0 Å². The van der Waals surface area contributed by atoms with Crippen LogP contribution in [0, 0.1) is 0 Å². The van der Waals surface area contributed by atoms with E-state index in [0.717, 1.165) is 5.69 Å². The maximum Gasteiger partial charge on any atom is 0.0879 e. The highest BCUT2D eigenvalue weighted by Crippen LogP contribution is 2.33. The Hall–Kier alpha value is -0.830. The van der Waals surface area contributed by atoms with E-state index in [1.165, 1.54) is 12.8 Å². The minimum atomic E-state index is 0.0553. The minimum absolute atomic E-state index is 0.0553. The Bertz CT molecular complexity index is 227. The molecule has 1 saturated carbocycles. The number of hydrogen-bond acceptors (Lipinski definition) is 2. The van der Waals surface area contributed by atoms with Gasteiger partial charge < -0.3 is 5.11 Å². The van der Waals surface area contributed by atoms with Gasteiger partial charge in [-0.05, 0) is 18.9 Å². The lowest BCUT2D eigenvalue weighted by Gasteiger charge is -1.93. The first-order valence-electron chi connectivity index (χ1n) is 3.55. The van der Waals surface area contributed by atoms with Gasteiger partial charge in [0.15, 0.2) is 0 Å². The smallest absolute Gasteiger partial charge is 0.0879 e. The Morgan fingerprint density at radius 2 is 2.50 bits per heavy atom. The molecule has 0 aromatic carbocycles. The second kappa shape index (κ2) is 2.09. The predicted molar refractivity (Wildman–Crippen MR) is 36.4 cm³/mol. The third kappa shape index (κ3) is 0.926. The molecule has 0 spiro atoms. The van der Waals surface area contributed by atoms with E-state index in [-0.39, 0.29) is 6.61 Å².